The molecule has 1 aromatic carbocycles. The fraction of sp³-hybridized carbons (Fsp3) is 0.520. The van der Waals surface area contributed by atoms with Gasteiger partial charge in [0.2, 0.25) is 5.91 Å². The predicted octanol–water partition coefficient (Wildman–Crippen LogP) is 2.95. The van der Waals surface area contributed by atoms with Crippen LogP contribution in [0.5, 0.6) is 11.5 Å². The molecule has 0 saturated heterocycles. The maximum absolute atomic E-state index is 13.9. The number of methoxy groups -OCH3 is 2. The van der Waals surface area contributed by atoms with Crippen LogP contribution in [0.25, 0.3) is 0 Å². The van der Waals surface area contributed by atoms with Gasteiger partial charge in [-0.1, -0.05) is 19.3 Å². The number of carbonyl (C=O) groups is 3. The van der Waals surface area contributed by atoms with Gasteiger partial charge in [-0.15, -0.1) is 0 Å². The van der Waals surface area contributed by atoms with Gasteiger partial charge in [0, 0.05) is 30.3 Å². The first-order valence-electron chi connectivity index (χ1n) is 11.9. The quantitative estimate of drug-likeness (QED) is 0.602. The minimum Gasteiger partial charge on any atom is -0.497 e. The number of anilines is 1. The molecule has 2 heterocycles. The Hall–Kier alpha value is -3.56. The van der Waals surface area contributed by atoms with Crippen LogP contribution in [-0.2, 0) is 16.1 Å². The van der Waals surface area contributed by atoms with Crippen molar-refractivity contribution in [2.75, 3.05) is 25.7 Å². The molecule has 0 radical (unpaired) electrons. The molecule has 2 amide bonds. The molecule has 1 aliphatic carbocycles. The lowest BCUT2D eigenvalue weighted by Crippen LogP contribution is -2.65. The summed E-state index contributed by atoms with van der Waals surface area (Å²) in [6.45, 7) is 3.66. The average molecular weight is 485 g/mol. The second-order valence-electron chi connectivity index (χ2n) is 9.09. The Labute approximate surface area is 204 Å². The molecule has 1 aromatic heterocycles. The van der Waals surface area contributed by atoms with Crippen molar-refractivity contribution in [1.82, 2.24) is 15.1 Å². The van der Waals surface area contributed by atoms with E-state index in [0.717, 1.165) is 32.1 Å². The summed E-state index contributed by atoms with van der Waals surface area (Å²) in [5.41, 5.74) is -0.664. The molecule has 1 saturated carbocycles. The Kier molecular flexibility index (Phi) is 7.00. The normalized spacial score (nSPS) is 20.2. The molecule has 10 nitrogen and oxygen atoms in total. The molecule has 2 aromatic rings. The first-order chi connectivity index (χ1) is 16.8. The summed E-state index contributed by atoms with van der Waals surface area (Å²) in [7, 11) is 3.04. The maximum atomic E-state index is 13.9. The molecule has 1 atom stereocenters. The lowest BCUT2D eigenvalue weighted by atomic mass is 9.91. The number of rotatable bonds is 7. The number of fused-ring (bicyclic) bond motifs is 1. The molecule has 1 N–H and O–H groups in total. The number of ether oxygens (including phenoxy) is 3. The van der Waals surface area contributed by atoms with Gasteiger partial charge in [0.1, 0.15) is 22.7 Å². The third-order valence-corrected chi connectivity index (χ3v) is 6.66. The highest BCUT2D eigenvalue weighted by molar-refractivity contribution is 6.12. The zero-order valence-electron chi connectivity index (χ0n) is 20.6. The Balaban J connectivity index is 1.79. The lowest BCUT2D eigenvalue weighted by Gasteiger charge is -2.44. The van der Waals surface area contributed by atoms with Gasteiger partial charge in [-0.05, 0) is 26.7 Å². The van der Waals surface area contributed by atoms with Crippen LogP contribution < -0.4 is 19.7 Å². The van der Waals surface area contributed by atoms with Crippen LogP contribution in [-0.4, -0.2) is 60.0 Å². The minimum atomic E-state index is -1.32. The van der Waals surface area contributed by atoms with Crippen LogP contribution in [0.3, 0.4) is 0 Å². The molecule has 0 bridgehead atoms. The van der Waals surface area contributed by atoms with Gasteiger partial charge >= 0.3 is 5.97 Å². The lowest BCUT2D eigenvalue weighted by molar-refractivity contribution is -0.127. The zero-order valence-corrected chi connectivity index (χ0v) is 20.6. The first-order valence-corrected chi connectivity index (χ1v) is 11.9. The Morgan fingerprint density at radius 3 is 2.34 bits per heavy atom. The fourth-order valence-electron chi connectivity index (χ4n) is 4.80. The van der Waals surface area contributed by atoms with Crippen LogP contribution in [0, 0.1) is 0 Å². The van der Waals surface area contributed by atoms with E-state index in [1.165, 1.54) is 29.9 Å². The van der Waals surface area contributed by atoms with Crippen molar-refractivity contribution >= 4 is 23.5 Å². The molecular weight excluding hydrogens is 452 g/mol. The zero-order chi connectivity index (χ0) is 25.2. The SMILES string of the molecule is CCOC(=O)c1cc2n(n1)C[C@@](C)(C(=O)NC1CCCCC1)N(c1cc(OC)cc(OC)c1)C2=O. The number of carbonyl (C=O) groups excluding carboxylic acids is 3. The summed E-state index contributed by atoms with van der Waals surface area (Å²) >= 11 is 0. The van der Waals surface area contributed by atoms with Gasteiger partial charge < -0.3 is 19.5 Å². The molecular formula is C25H32N4O6. The second-order valence-corrected chi connectivity index (χ2v) is 9.09. The number of hydrogen-bond donors (Lipinski definition) is 1. The van der Waals surface area contributed by atoms with E-state index < -0.39 is 17.4 Å². The predicted molar refractivity (Wildman–Crippen MR) is 128 cm³/mol. The van der Waals surface area contributed by atoms with E-state index in [-0.39, 0.29) is 36.5 Å². The van der Waals surface area contributed by atoms with Crippen LogP contribution in [0.15, 0.2) is 24.3 Å². The highest BCUT2D eigenvalue weighted by Crippen LogP contribution is 2.37. The van der Waals surface area contributed by atoms with Crippen molar-refractivity contribution in [1.29, 1.82) is 0 Å². The van der Waals surface area contributed by atoms with Gasteiger partial charge in [0.25, 0.3) is 5.91 Å². The molecule has 1 fully saturated rings. The van der Waals surface area contributed by atoms with Crippen molar-refractivity contribution in [3.63, 3.8) is 0 Å². The van der Waals surface area contributed by atoms with E-state index >= 15 is 0 Å². The van der Waals surface area contributed by atoms with Gasteiger partial charge in [0.15, 0.2) is 5.69 Å². The molecule has 4 rings (SSSR count). The highest BCUT2D eigenvalue weighted by Gasteiger charge is 2.49. The molecule has 35 heavy (non-hydrogen) atoms. The Morgan fingerprint density at radius 2 is 1.74 bits per heavy atom. The van der Waals surface area contributed by atoms with E-state index in [4.69, 9.17) is 14.2 Å². The van der Waals surface area contributed by atoms with Crippen LogP contribution in [0.2, 0.25) is 0 Å². The molecule has 1 aliphatic heterocycles. The second kappa shape index (κ2) is 9.97. The van der Waals surface area contributed by atoms with Crippen LogP contribution in [0.4, 0.5) is 5.69 Å². The van der Waals surface area contributed by atoms with Crippen LogP contribution in [0.1, 0.15) is 66.9 Å². The molecule has 10 heteroatoms. The number of benzene rings is 1. The van der Waals surface area contributed by atoms with Crippen molar-refractivity contribution in [2.24, 2.45) is 0 Å². The minimum absolute atomic E-state index is 0.0234. The summed E-state index contributed by atoms with van der Waals surface area (Å²) in [6, 6.07) is 6.53. The van der Waals surface area contributed by atoms with Crippen LogP contribution >= 0.6 is 0 Å². The monoisotopic (exact) mass is 484 g/mol. The van der Waals surface area contributed by atoms with Crippen molar-refractivity contribution in [2.45, 2.75) is 64.1 Å². The third kappa shape index (κ3) is 4.69. The summed E-state index contributed by atoms with van der Waals surface area (Å²) in [6.07, 6.45) is 5.09. The average Bonchev–Trinajstić information content (AvgIpc) is 3.28. The van der Waals surface area contributed by atoms with Gasteiger partial charge in [-0.25, -0.2) is 4.79 Å². The molecule has 2 aliphatic rings. The number of esters is 1. The van der Waals surface area contributed by atoms with E-state index in [0.29, 0.717) is 17.2 Å². The van der Waals surface area contributed by atoms with Gasteiger partial charge in [-0.3, -0.25) is 19.2 Å². The smallest absolute Gasteiger partial charge is 0.358 e. The number of nitrogens with zero attached hydrogens (tertiary/aromatic N) is 3. The molecule has 188 valence electrons. The fourth-order valence-corrected chi connectivity index (χ4v) is 4.80. The maximum Gasteiger partial charge on any atom is 0.358 e. The Morgan fingerprint density at radius 1 is 1.09 bits per heavy atom. The topological polar surface area (TPSA) is 112 Å². The number of nitrogens with one attached hydrogen (secondary N) is 1. The number of aromatic nitrogens is 2. The van der Waals surface area contributed by atoms with E-state index in [9.17, 15) is 14.4 Å². The van der Waals surface area contributed by atoms with E-state index in [2.05, 4.69) is 10.4 Å². The summed E-state index contributed by atoms with van der Waals surface area (Å²) in [5, 5.41) is 7.46. The highest BCUT2D eigenvalue weighted by atomic mass is 16.5. The Bertz CT molecular complexity index is 1100. The van der Waals surface area contributed by atoms with Gasteiger partial charge in [0.05, 0.1) is 33.1 Å². The standard InChI is InChI=1S/C25H32N4O6/c1-5-35-23(31)20-14-21-22(30)29(17-11-18(33-3)13-19(12-17)34-4)25(2,15-28(21)27-20)24(32)26-16-9-7-6-8-10-16/h11-14,16H,5-10,15H2,1-4H3,(H,26,32)/t25-/m0/s1. The van der Waals surface area contributed by atoms with E-state index in [1.807, 2.05) is 0 Å². The molecule has 0 spiro atoms. The van der Waals surface area contributed by atoms with E-state index in [1.54, 1.807) is 32.0 Å². The number of hydrogen-bond acceptors (Lipinski definition) is 7. The largest absolute Gasteiger partial charge is 0.497 e. The van der Waals surface area contributed by atoms with Crippen molar-refractivity contribution < 1.29 is 28.6 Å². The first kappa shape index (κ1) is 24.6. The summed E-state index contributed by atoms with van der Waals surface area (Å²) < 4.78 is 17.3. The number of amides is 2. The molecule has 0 unspecified atom stereocenters. The van der Waals surface area contributed by atoms with Crippen molar-refractivity contribution in [3.8, 4) is 11.5 Å². The van der Waals surface area contributed by atoms with Gasteiger partial charge in [-0.2, -0.15) is 5.10 Å². The summed E-state index contributed by atoms with van der Waals surface area (Å²) in [4.78, 5) is 41.4. The van der Waals surface area contributed by atoms with Crippen molar-refractivity contribution in [3.05, 3.63) is 35.7 Å². The summed E-state index contributed by atoms with van der Waals surface area (Å²) in [5.74, 6) is -0.401. The third-order valence-electron chi connectivity index (χ3n) is 6.66.